The predicted molar refractivity (Wildman–Crippen MR) is 88.4 cm³/mol. The summed E-state index contributed by atoms with van der Waals surface area (Å²) < 4.78 is 11.6. The van der Waals surface area contributed by atoms with Crippen molar-refractivity contribution in [2.45, 2.75) is 19.7 Å². The van der Waals surface area contributed by atoms with Crippen molar-refractivity contribution in [1.29, 1.82) is 0 Å². The van der Waals surface area contributed by atoms with Crippen molar-refractivity contribution in [1.82, 2.24) is 5.32 Å². The lowest BCUT2D eigenvalue weighted by Crippen LogP contribution is -2.13. The summed E-state index contributed by atoms with van der Waals surface area (Å²) in [5.74, 6) is 0.902. The molecule has 0 aliphatic rings. The number of benzene rings is 2. The van der Waals surface area contributed by atoms with Crippen LogP contribution < -0.4 is 10.1 Å². The Morgan fingerprint density at radius 1 is 1.00 bits per heavy atom. The first-order chi connectivity index (χ1) is 10.2. The van der Waals surface area contributed by atoms with E-state index in [0.29, 0.717) is 6.61 Å². The number of halogens is 1. The van der Waals surface area contributed by atoms with Crippen LogP contribution in [0.2, 0.25) is 0 Å². The van der Waals surface area contributed by atoms with Crippen molar-refractivity contribution in [3.05, 3.63) is 63.6 Å². The number of ether oxygens (including phenoxy) is 2. The van der Waals surface area contributed by atoms with Crippen molar-refractivity contribution in [3.8, 4) is 5.75 Å². The molecule has 2 rings (SSSR count). The summed E-state index contributed by atoms with van der Waals surface area (Å²) in [5, 5.41) is 3.45. The smallest absolute Gasteiger partial charge is 0.123 e. The van der Waals surface area contributed by atoms with Crippen molar-refractivity contribution in [2.24, 2.45) is 0 Å². The summed E-state index contributed by atoms with van der Waals surface area (Å²) in [4.78, 5) is 0. The Balaban J connectivity index is 1.95. The van der Waals surface area contributed by atoms with Gasteiger partial charge in [0, 0.05) is 30.2 Å². The van der Waals surface area contributed by atoms with Crippen LogP contribution in [0.25, 0.3) is 0 Å². The average molecular weight is 350 g/mol. The van der Waals surface area contributed by atoms with Crippen molar-refractivity contribution < 1.29 is 9.47 Å². The van der Waals surface area contributed by atoms with Crippen LogP contribution in [0.1, 0.15) is 16.7 Å². The van der Waals surface area contributed by atoms with Gasteiger partial charge in [-0.2, -0.15) is 0 Å². The van der Waals surface area contributed by atoms with E-state index in [1.807, 2.05) is 12.1 Å². The molecule has 2 aromatic rings. The van der Waals surface area contributed by atoms with Crippen LogP contribution in [-0.2, 0) is 24.4 Å². The molecule has 0 spiro atoms. The van der Waals surface area contributed by atoms with Crippen LogP contribution in [0.3, 0.4) is 0 Å². The molecule has 0 bridgehead atoms. The van der Waals surface area contributed by atoms with Gasteiger partial charge in [-0.3, -0.25) is 0 Å². The SMILES string of the molecule is COCc1cccc(CNCc2cc(Br)ccc2OC)c1. The summed E-state index contributed by atoms with van der Waals surface area (Å²) in [6, 6.07) is 14.4. The van der Waals surface area contributed by atoms with Crippen LogP contribution in [0.15, 0.2) is 46.9 Å². The average Bonchev–Trinajstić information content (AvgIpc) is 2.48. The fraction of sp³-hybridized carbons (Fsp3) is 0.294. The van der Waals surface area contributed by atoms with Gasteiger partial charge in [0.2, 0.25) is 0 Å². The number of hydrogen-bond acceptors (Lipinski definition) is 3. The molecule has 0 amide bonds. The van der Waals surface area contributed by atoms with E-state index < -0.39 is 0 Å². The molecule has 2 aromatic carbocycles. The predicted octanol–water partition coefficient (Wildman–Crippen LogP) is 3.89. The maximum atomic E-state index is 5.38. The van der Waals surface area contributed by atoms with Gasteiger partial charge in [0.1, 0.15) is 5.75 Å². The van der Waals surface area contributed by atoms with E-state index in [-0.39, 0.29) is 0 Å². The lowest BCUT2D eigenvalue weighted by molar-refractivity contribution is 0.185. The minimum Gasteiger partial charge on any atom is -0.496 e. The van der Waals surface area contributed by atoms with Crippen LogP contribution in [0.5, 0.6) is 5.75 Å². The second-order valence-corrected chi connectivity index (χ2v) is 5.73. The molecule has 3 nitrogen and oxygen atoms in total. The number of nitrogens with one attached hydrogen (secondary N) is 1. The Morgan fingerprint density at radius 2 is 1.81 bits per heavy atom. The Bertz CT molecular complexity index is 587. The monoisotopic (exact) mass is 349 g/mol. The third kappa shape index (κ3) is 4.84. The van der Waals surface area contributed by atoms with Gasteiger partial charge in [0.15, 0.2) is 0 Å². The van der Waals surface area contributed by atoms with E-state index >= 15 is 0 Å². The summed E-state index contributed by atoms with van der Waals surface area (Å²) in [5.41, 5.74) is 3.58. The first-order valence-electron chi connectivity index (χ1n) is 6.83. The highest BCUT2D eigenvalue weighted by Gasteiger charge is 2.03. The standard InChI is InChI=1S/C17H20BrNO2/c1-20-12-14-5-3-4-13(8-14)10-19-11-15-9-16(18)6-7-17(15)21-2/h3-9,19H,10-12H2,1-2H3. The molecule has 21 heavy (non-hydrogen) atoms. The van der Waals surface area contributed by atoms with Gasteiger partial charge in [-0.05, 0) is 29.3 Å². The van der Waals surface area contributed by atoms with Gasteiger partial charge in [0.05, 0.1) is 13.7 Å². The largest absolute Gasteiger partial charge is 0.496 e. The topological polar surface area (TPSA) is 30.5 Å². The zero-order chi connectivity index (χ0) is 15.1. The van der Waals surface area contributed by atoms with Crippen LogP contribution in [0, 0.1) is 0 Å². The van der Waals surface area contributed by atoms with E-state index in [1.54, 1.807) is 14.2 Å². The Kier molecular flexibility index (Phi) is 6.23. The lowest BCUT2D eigenvalue weighted by atomic mass is 10.1. The zero-order valence-electron chi connectivity index (χ0n) is 12.4. The van der Waals surface area contributed by atoms with Gasteiger partial charge < -0.3 is 14.8 Å². The molecular weight excluding hydrogens is 330 g/mol. The van der Waals surface area contributed by atoms with Gasteiger partial charge in [-0.25, -0.2) is 0 Å². The number of methoxy groups -OCH3 is 2. The molecule has 112 valence electrons. The molecule has 0 fully saturated rings. The molecule has 0 saturated carbocycles. The van der Waals surface area contributed by atoms with E-state index in [9.17, 15) is 0 Å². The minimum absolute atomic E-state index is 0.646. The molecule has 0 aromatic heterocycles. The van der Waals surface area contributed by atoms with Crippen LogP contribution in [0.4, 0.5) is 0 Å². The summed E-state index contributed by atoms with van der Waals surface area (Å²) in [6.07, 6.45) is 0. The van der Waals surface area contributed by atoms with Gasteiger partial charge in [-0.1, -0.05) is 40.2 Å². The molecule has 0 radical (unpaired) electrons. The summed E-state index contributed by atoms with van der Waals surface area (Å²) in [6.45, 7) is 2.22. The van der Waals surface area contributed by atoms with Gasteiger partial charge in [-0.15, -0.1) is 0 Å². The number of hydrogen-bond donors (Lipinski definition) is 1. The van der Waals surface area contributed by atoms with Crippen molar-refractivity contribution >= 4 is 15.9 Å². The fourth-order valence-corrected chi connectivity index (χ4v) is 2.63. The normalized spacial score (nSPS) is 10.6. The first-order valence-corrected chi connectivity index (χ1v) is 7.62. The van der Waals surface area contributed by atoms with Crippen LogP contribution >= 0.6 is 15.9 Å². The first kappa shape index (κ1) is 16.0. The number of rotatable bonds is 7. The molecule has 0 heterocycles. The Labute approximate surface area is 134 Å². The quantitative estimate of drug-likeness (QED) is 0.822. The zero-order valence-corrected chi connectivity index (χ0v) is 13.9. The molecular formula is C17H20BrNO2. The third-order valence-electron chi connectivity index (χ3n) is 3.19. The highest BCUT2D eigenvalue weighted by atomic mass is 79.9. The van der Waals surface area contributed by atoms with E-state index in [1.165, 1.54) is 11.1 Å². The fourth-order valence-electron chi connectivity index (χ4n) is 2.22. The maximum Gasteiger partial charge on any atom is 0.123 e. The molecule has 0 atom stereocenters. The van der Waals surface area contributed by atoms with Crippen molar-refractivity contribution in [3.63, 3.8) is 0 Å². The second-order valence-electron chi connectivity index (χ2n) is 4.81. The maximum absolute atomic E-state index is 5.38. The molecule has 1 N–H and O–H groups in total. The third-order valence-corrected chi connectivity index (χ3v) is 3.68. The Morgan fingerprint density at radius 3 is 2.57 bits per heavy atom. The van der Waals surface area contributed by atoms with E-state index in [2.05, 4.69) is 51.6 Å². The van der Waals surface area contributed by atoms with E-state index in [0.717, 1.165) is 28.9 Å². The molecule has 0 saturated heterocycles. The molecule has 0 unspecified atom stereocenters. The summed E-state index contributed by atoms with van der Waals surface area (Å²) in [7, 11) is 3.41. The highest BCUT2D eigenvalue weighted by Crippen LogP contribution is 2.22. The van der Waals surface area contributed by atoms with Crippen molar-refractivity contribution in [2.75, 3.05) is 14.2 Å². The highest BCUT2D eigenvalue weighted by molar-refractivity contribution is 9.10. The lowest BCUT2D eigenvalue weighted by Gasteiger charge is -2.11. The van der Waals surface area contributed by atoms with Crippen LogP contribution in [-0.4, -0.2) is 14.2 Å². The van der Waals surface area contributed by atoms with E-state index in [4.69, 9.17) is 9.47 Å². The van der Waals surface area contributed by atoms with Gasteiger partial charge >= 0.3 is 0 Å². The second kappa shape index (κ2) is 8.17. The molecule has 0 aliphatic heterocycles. The summed E-state index contributed by atoms with van der Waals surface area (Å²) >= 11 is 3.49. The Hall–Kier alpha value is -1.36. The molecule has 0 aliphatic carbocycles. The molecule has 4 heteroatoms. The minimum atomic E-state index is 0.646. The van der Waals surface area contributed by atoms with Gasteiger partial charge in [0.25, 0.3) is 0 Å².